The highest BCUT2D eigenvalue weighted by atomic mass is 16.5. The molecule has 2 aromatic heterocycles. The Balaban J connectivity index is 1.00. The van der Waals surface area contributed by atoms with Gasteiger partial charge in [0.25, 0.3) is 0 Å². The molecule has 6 aromatic carbocycles. The Morgan fingerprint density at radius 1 is 0.536 bits per heavy atom. The van der Waals surface area contributed by atoms with Gasteiger partial charge in [0.05, 0.1) is 0 Å². The third kappa shape index (κ3) is 6.09. The van der Waals surface area contributed by atoms with Crippen LogP contribution in [0.5, 0.6) is 0 Å². The molecular weight excluding hydrogens is 685 g/mol. The predicted octanol–water partition coefficient (Wildman–Crippen LogP) is 12.3. The molecule has 266 valence electrons. The molecule has 1 atom stereocenters. The van der Waals surface area contributed by atoms with Crippen molar-refractivity contribution in [1.29, 1.82) is 0 Å². The number of rotatable bonds is 5. The first kappa shape index (κ1) is 33.3. The van der Waals surface area contributed by atoms with Crippen molar-refractivity contribution in [3.8, 4) is 33.9 Å². The van der Waals surface area contributed by atoms with Gasteiger partial charge in [0.2, 0.25) is 0 Å². The third-order valence-corrected chi connectivity index (χ3v) is 10.8. The maximum absolute atomic E-state index is 6.30. The van der Waals surface area contributed by atoms with Crippen LogP contribution >= 0.6 is 0 Å². The molecule has 2 aliphatic rings. The lowest BCUT2D eigenvalue weighted by Crippen LogP contribution is -2.11. The number of hydrogen-bond donors (Lipinski definition) is 0. The number of allylic oxidation sites excluding steroid dienone is 6. The lowest BCUT2D eigenvalue weighted by molar-refractivity contribution is 0.254. The molecule has 0 radical (unpaired) electrons. The van der Waals surface area contributed by atoms with Crippen molar-refractivity contribution in [3.63, 3.8) is 0 Å². The summed E-state index contributed by atoms with van der Waals surface area (Å²) < 4.78 is 6.30. The Morgan fingerprint density at radius 3 is 1.73 bits per heavy atom. The van der Waals surface area contributed by atoms with Gasteiger partial charge in [-0.1, -0.05) is 152 Å². The predicted molar refractivity (Wildman–Crippen MR) is 229 cm³/mol. The Kier molecular flexibility index (Phi) is 8.45. The van der Waals surface area contributed by atoms with Gasteiger partial charge in [0, 0.05) is 45.6 Å². The van der Waals surface area contributed by atoms with Gasteiger partial charge < -0.3 is 4.74 Å². The van der Waals surface area contributed by atoms with E-state index in [2.05, 4.69) is 97.6 Å². The fraction of sp³-hybridized carbons (Fsp3) is 0.0588. The molecule has 0 spiro atoms. The zero-order valence-electron chi connectivity index (χ0n) is 30.6. The standard InChI is InChI=1S/C51H36N4O/c1-33-39(51-54-49(34-14-4-2-5-15-34)53-50(55-51)35-16-6-3-7-17-35)18-12-13-29-56-48-28-25-37(31-45(33)48)47-27-24-38(32-52-47)36-23-26-44-42-21-9-8-19-40(42)41-20-10-11-22-43(41)46(44)30-36/h2-24,26-28,30-32,37H,1,25,29H2/b13-12-,39-18+. The molecule has 1 unspecified atom stereocenters. The van der Waals surface area contributed by atoms with Crippen LogP contribution in [0.3, 0.4) is 0 Å². The number of ether oxygens (including phenoxy) is 1. The second kappa shape index (κ2) is 14.2. The molecule has 0 saturated heterocycles. The highest BCUT2D eigenvalue weighted by Gasteiger charge is 2.25. The zero-order chi connectivity index (χ0) is 37.4. The fourth-order valence-electron chi connectivity index (χ4n) is 7.91. The van der Waals surface area contributed by atoms with Gasteiger partial charge in [-0.25, -0.2) is 15.0 Å². The van der Waals surface area contributed by atoms with Crippen LogP contribution in [0.2, 0.25) is 0 Å². The number of nitrogens with zero attached hydrogens (tertiary/aromatic N) is 4. The number of pyridine rings is 1. The molecular formula is C51H36N4O. The minimum atomic E-state index is 0.0307. The van der Waals surface area contributed by atoms with Crippen LogP contribution in [-0.4, -0.2) is 26.5 Å². The van der Waals surface area contributed by atoms with Crippen LogP contribution < -0.4 is 0 Å². The average Bonchev–Trinajstić information content (AvgIpc) is 3.35. The minimum Gasteiger partial charge on any atom is -0.489 e. The summed E-state index contributed by atoms with van der Waals surface area (Å²) in [5.41, 5.74) is 7.55. The molecule has 1 aliphatic heterocycles. The molecule has 0 fully saturated rings. The maximum atomic E-state index is 6.30. The Bertz CT molecular complexity index is 2850. The van der Waals surface area contributed by atoms with Crippen molar-refractivity contribution in [2.24, 2.45) is 0 Å². The molecule has 10 rings (SSSR count). The summed E-state index contributed by atoms with van der Waals surface area (Å²) >= 11 is 0. The van der Waals surface area contributed by atoms with Crippen LogP contribution in [0.4, 0.5) is 0 Å². The Morgan fingerprint density at radius 2 is 1.11 bits per heavy atom. The Labute approximate surface area is 325 Å². The molecule has 56 heavy (non-hydrogen) atoms. The van der Waals surface area contributed by atoms with E-state index in [4.69, 9.17) is 24.7 Å². The van der Waals surface area contributed by atoms with E-state index < -0.39 is 0 Å². The summed E-state index contributed by atoms with van der Waals surface area (Å²) in [6.07, 6.45) is 13.2. The first-order valence-electron chi connectivity index (χ1n) is 19.0. The smallest absolute Gasteiger partial charge is 0.164 e. The first-order valence-corrected chi connectivity index (χ1v) is 19.0. The summed E-state index contributed by atoms with van der Waals surface area (Å²) in [6.45, 7) is 5.08. The molecule has 5 heteroatoms. The molecule has 0 N–H and O–H groups in total. The molecule has 1 aliphatic carbocycles. The normalized spacial score (nSPS) is 17.1. The van der Waals surface area contributed by atoms with E-state index in [0.717, 1.165) is 56.8 Å². The van der Waals surface area contributed by atoms with E-state index in [9.17, 15) is 0 Å². The van der Waals surface area contributed by atoms with E-state index in [1.165, 1.54) is 32.3 Å². The summed E-state index contributed by atoms with van der Waals surface area (Å²) in [5, 5.41) is 7.59. The number of benzene rings is 6. The van der Waals surface area contributed by atoms with Crippen LogP contribution in [-0.2, 0) is 4.74 Å². The van der Waals surface area contributed by atoms with E-state index in [1.54, 1.807) is 0 Å². The summed E-state index contributed by atoms with van der Waals surface area (Å²) in [5.74, 6) is 2.59. The highest BCUT2D eigenvalue weighted by molar-refractivity contribution is 6.25. The van der Waals surface area contributed by atoms with E-state index in [-0.39, 0.29) is 5.92 Å². The van der Waals surface area contributed by atoms with Crippen molar-refractivity contribution in [1.82, 2.24) is 19.9 Å². The number of fused-ring (bicyclic) bond motifs is 7. The summed E-state index contributed by atoms with van der Waals surface area (Å²) in [4.78, 5) is 20.0. The number of hydrogen-bond acceptors (Lipinski definition) is 5. The van der Waals surface area contributed by atoms with Crippen LogP contribution in [0, 0.1) is 0 Å². The van der Waals surface area contributed by atoms with Gasteiger partial charge in [-0.15, -0.1) is 0 Å². The topological polar surface area (TPSA) is 60.8 Å². The monoisotopic (exact) mass is 720 g/mol. The molecule has 0 bridgehead atoms. The summed E-state index contributed by atoms with van der Waals surface area (Å²) in [6, 6.07) is 48.5. The largest absolute Gasteiger partial charge is 0.489 e. The van der Waals surface area contributed by atoms with Crippen molar-refractivity contribution in [3.05, 3.63) is 211 Å². The molecule has 5 nitrogen and oxygen atoms in total. The lowest BCUT2D eigenvalue weighted by Gasteiger charge is -2.24. The molecule has 0 amide bonds. The van der Waals surface area contributed by atoms with Gasteiger partial charge >= 0.3 is 0 Å². The third-order valence-electron chi connectivity index (χ3n) is 10.8. The van der Waals surface area contributed by atoms with Crippen molar-refractivity contribution in [2.45, 2.75) is 12.3 Å². The van der Waals surface area contributed by atoms with Crippen LogP contribution in [0.25, 0.3) is 71.8 Å². The van der Waals surface area contributed by atoms with Crippen LogP contribution in [0.15, 0.2) is 200 Å². The highest BCUT2D eigenvalue weighted by Crippen LogP contribution is 2.40. The van der Waals surface area contributed by atoms with E-state index in [1.807, 2.05) is 85.1 Å². The van der Waals surface area contributed by atoms with Gasteiger partial charge in [-0.3, -0.25) is 4.98 Å². The lowest BCUT2D eigenvalue weighted by atomic mass is 9.86. The molecule has 0 saturated carbocycles. The molecule has 8 aromatic rings. The van der Waals surface area contributed by atoms with Gasteiger partial charge in [0.1, 0.15) is 12.4 Å². The van der Waals surface area contributed by atoms with Gasteiger partial charge in [0.15, 0.2) is 17.5 Å². The fourth-order valence-corrected chi connectivity index (χ4v) is 7.91. The first-order chi connectivity index (χ1) is 27.7. The second-order valence-electron chi connectivity index (χ2n) is 14.2. The van der Waals surface area contributed by atoms with E-state index in [0.29, 0.717) is 24.1 Å². The Hall–Kier alpha value is -7.24. The van der Waals surface area contributed by atoms with Gasteiger partial charge in [-0.2, -0.15) is 0 Å². The van der Waals surface area contributed by atoms with Crippen molar-refractivity contribution >= 4 is 37.9 Å². The number of aromatic nitrogens is 4. The van der Waals surface area contributed by atoms with Crippen LogP contribution in [0.1, 0.15) is 23.9 Å². The van der Waals surface area contributed by atoms with Crippen molar-refractivity contribution < 1.29 is 4.74 Å². The summed E-state index contributed by atoms with van der Waals surface area (Å²) in [7, 11) is 0. The zero-order valence-corrected chi connectivity index (χ0v) is 30.6. The second-order valence-corrected chi connectivity index (χ2v) is 14.2. The SMILES string of the molecule is C=C1C2=CC(c3ccc(-c4ccc5c6ccccc6c6ccccc6c5c4)cn3)CC=C2OC/C=C\C=C/1c1nc(-c2ccccc2)nc(-c2ccccc2)n1. The quantitative estimate of drug-likeness (QED) is 0.166. The van der Waals surface area contributed by atoms with Crippen molar-refractivity contribution in [2.75, 3.05) is 6.61 Å². The average molecular weight is 721 g/mol. The van der Waals surface area contributed by atoms with E-state index >= 15 is 0 Å². The maximum Gasteiger partial charge on any atom is 0.164 e. The van der Waals surface area contributed by atoms with Gasteiger partial charge in [-0.05, 0) is 74.2 Å². The minimum absolute atomic E-state index is 0.0307. The molecule has 3 heterocycles.